The van der Waals surface area contributed by atoms with Crippen LogP contribution in [0.2, 0.25) is 0 Å². The van der Waals surface area contributed by atoms with E-state index in [0.29, 0.717) is 0 Å². The van der Waals surface area contributed by atoms with E-state index in [1.165, 1.54) is 26.1 Å². The average molecular weight is 280 g/mol. The van der Waals surface area contributed by atoms with Crippen LogP contribution >= 0.6 is 0 Å². The molecule has 0 fully saturated rings. The highest BCUT2D eigenvalue weighted by molar-refractivity contribution is 5.00. The molecule has 1 rings (SSSR count). The van der Waals surface area contributed by atoms with Gasteiger partial charge in [-0.25, -0.2) is 0 Å². The van der Waals surface area contributed by atoms with E-state index in [1.54, 1.807) is 0 Å². The van der Waals surface area contributed by atoms with E-state index in [2.05, 4.69) is 65.5 Å². The van der Waals surface area contributed by atoms with E-state index < -0.39 is 0 Å². The molecule has 20 heavy (non-hydrogen) atoms. The van der Waals surface area contributed by atoms with Crippen LogP contribution in [0.3, 0.4) is 0 Å². The lowest BCUT2D eigenvalue weighted by molar-refractivity contribution is 0.158. The topological polar surface area (TPSA) is 3.24 Å². The fraction of sp³-hybridized carbons (Fsp3) is 0.895. The molecule has 1 nitrogen and oxygen atoms in total. The summed E-state index contributed by atoms with van der Waals surface area (Å²) >= 11 is 0. The Kier molecular flexibility index (Phi) is 7.29. The minimum absolute atomic E-state index is 0.757. The molecule has 1 heteroatoms. The molecule has 0 N–H and O–H groups in total. The summed E-state index contributed by atoms with van der Waals surface area (Å²) in [6, 6.07) is 0. The Labute approximate surface area is 127 Å². The monoisotopic (exact) mass is 279 g/mol. The third-order valence-corrected chi connectivity index (χ3v) is 5.57. The van der Waals surface area contributed by atoms with Crippen molar-refractivity contribution in [1.82, 2.24) is 4.90 Å². The van der Waals surface area contributed by atoms with Gasteiger partial charge in [-0.3, -0.25) is 0 Å². The summed E-state index contributed by atoms with van der Waals surface area (Å²) in [4.78, 5) is 2.67. The van der Waals surface area contributed by atoms with Crippen molar-refractivity contribution in [3.05, 3.63) is 12.2 Å². The Bertz CT molecular complexity index is 294. The zero-order valence-corrected chi connectivity index (χ0v) is 14.9. The van der Waals surface area contributed by atoms with Gasteiger partial charge >= 0.3 is 0 Å². The molecule has 0 bridgehead atoms. The van der Waals surface area contributed by atoms with Gasteiger partial charge in [0.15, 0.2) is 0 Å². The first-order valence-corrected chi connectivity index (χ1v) is 8.75. The van der Waals surface area contributed by atoms with E-state index in [1.807, 2.05) is 0 Å². The second-order valence-electron chi connectivity index (χ2n) is 7.67. The Balaban J connectivity index is 2.53. The van der Waals surface area contributed by atoms with Crippen molar-refractivity contribution in [3.8, 4) is 0 Å². The highest BCUT2D eigenvalue weighted by Gasteiger charge is 2.24. The van der Waals surface area contributed by atoms with Crippen molar-refractivity contribution in [3.63, 3.8) is 0 Å². The maximum atomic E-state index is 2.67. The van der Waals surface area contributed by atoms with E-state index >= 15 is 0 Å². The summed E-state index contributed by atoms with van der Waals surface area (Å²) in [5.74, 6) is 4.75. The number of hydrogen-bond donors (Lipinski definition) is 0. The molecular weight excluding hydrogens is 242 g/mol. The van der Waals surface area contributed by atoms with Gasteiger partial charge in [0.25, 0.3) is 0 Å². The summed E-state index contributed by atoms with van der Waals surface area (Å²) < 4.78 is 0. The van der Waals surface area contributed by atoms with Crippen LogP contribution in [-0.4, -0.2) is 24.5 Å². The van der Waals surface area contributed by atoms with Gasteiger partial charge in [-0.05, 0) is 48.5 Å². The molecule has 0 aliphatic heterocycles. The molecular formula is C19H37N. The lowest BCUT2D eigenvalue weighted by Crippen LogP contribution is -2.37. The summed E-state index contributed by atoms with van der Waals surface area (Å²) in [5.41, 5.74) is 0. The van der Waals surface area contributed by atoms with Gasteiger partial charge in [-0.15, -0.1) is 0 Å². The maximum Gasteiger partial charge on any atom is 0.00469 e. The zero-order valence-electron chi connectivity index (χ0n) is 14.9. The largest absolute Gasteiger partial charge is 0.303 e. The number of hydrogen-bond acceptors (Lipinski definition) is 1. The predicted molar refractivity (Wildman–Crippen MR) is 90.9 cm³/mol. The van der Waals surface area contributed by atoms with Crippen LogP contribution in [-0.2, 0) is 0 Å². The highest BCUT2D eigenvalue weighted by Crippen LogP contribution is 2.29. The van der Waals surface area contributed by atoms with Gasteiger partial charge in [-0.2, -0.15) is 0 Å². The molecule has 1 aliphatic rings. The number of allylic oxidation sites excluding steroid dienone is 1. The first kappa shape index (κ1) is 17.8. The number of nitrogens with zero attached hydrogens (tertiary/aromatic N) is 1. The zero-order chi connectivity index (χ0) is 15.3. The molecule has 0 heterocycles. The molecule has 0 saturated carbocycles. The first-order chi connectivity index (χ1) is 9.35. The van der Waals surface area contributed by atoms with E-state index in [4.69, 9.17) is 0 Å². The van der Waals surface area contributed by atoms with Gasteiger partial charge in [-0.1, -0.05) is 60.6 Å². The fourth-order valence-electron chi connectivity index (χ4n) is 3.46. The van der Waals surface area contributed by atoms with E-state index in [0.717, 1.165) is 35.5 Å². The van der Waals surface area contributed by atoms with Crippen LogP contribution in [0.25, 0.3) is 0 Å². The first-order valence-electron chi connectivity index (χ1n) is 8.75. The summed E-state index contributed by atoms with van der Waals surface area (Å²) in [6.45, 7) is 20.3. The Morgan fingerprint density at radius 1 is 1.10 bits per heavy atom. The fourth-order valence-corrected chi connectivity index (χ4v) is 3.46. The van der Waals surface area contributed by atoms with Gasteiger partial charge in [0.05, 0.1) is 0 Å². The SMILES string of the molecule is CCN(CC(C)C(C)C(C)C)CC1C=CC(C)CC1C. The molecule has 0 radical (unpaired) electrons. The van der Waals surface area contributed by atoms with Gasteiger partial charge in [0.2, 0.25) is 0 Å². The molecule has 0 amide bonds. The standard InChI is InChI=1S/C19H37N/c1-8-20(12-17(6)18(7)14(2)3)13-19-10-9-15(4)11-16(19)5/h9-10,14-19H,8,11-13H2,1-7H3. The molecule has 5 atom stereocenters. The average Bonchev–Trinajstić information content (AvgIpc) is 2.39. The van der Waals surface area contributed by atoms with Crippen LogP contribution in [0.4, 0.5) is 0 Å². The summed E-state index contributed by atoms with van der Waals surface area (Å²) in [7, 11) is 0. The van der Waals surface area contributed by atoms with Crippen molar-refractivity contribution in [2.75, 3.05) is 19.6 Å². The van der Waals surface area contributed by atoms with Gasteiger partial charge in [0.1, 0.15) is 0 Å². The second kappa shape index (κ2) is 8.22. The van der Waals surface area contributed by atoms with Crippen molar-refractivity contribution in [2.24, 2.45) is 35.5 Å². The lowest BCUT2D eigenvalue weighted by Gasteiger charge is -2.35. The maximum absolute atomic E-state index is 2.67. The molecule has 118 valence electrons. The molecule has 0 aromatic carbocycles. The van der Waals surface area contributed by atoms with E-state index in [-0.39, 0.29) is 0 Å². The normalized spacial score (nSPS) is 29.9. The van der Waals surface area contributed by atoms with E-state index in [9.17, 15) is 0 Å². The quantitative estimate of drug-likeness (QED) is 0.587. The smallest absolute Gasteiger partial charge is 0.00469 e. The third kappa shape index (κ3) is 5.24. The highest BCUT2D eigenvalue weighted by atomic mass is 15.1. The Hall–Kier alpha value is -0.300. The van der Waals surface area contributed by atoms with Crippen LogP contribution in [0, 0.1) is 35.5 Å². The van der Waals surface area contributed by atoms with Gasteiger partial charge < -0.3 is 4.90 Å². The van der Waals surface area contributed by atoms with Crippen LogP contribution in [0.1, 0.15) is 54.9 Å². The van der Waals surface area contributed by atoms with Crippen molar-refractivity contribution < 1.29 is 0 Å². The summed E-state index contributed by atoms with van der Waals surface area (Å²) in [6.07, 6.45) is 6.27. The van der Waals surface area contributed by atoms with Crippen molar-refractivity contribution in [1.29, 1.82) is 0 Å². The second-order valence-corrected chi connectivity index (χ2v) is 7.67. The Morgan fingerprint density at radius 3 is 2.25 bits per heavy atom. The number of rotatable bonds is 7. The molecule has 0 spiro atoms. The third-order valence-electron chi connectivity index (χ3n) is 5.57. The van der Waals surface area contributed by atoms with Crippen molar-refractivity contribution in [2.45, 2.75) is 54.9 Å². The minimum atomic E-state index is 0.757. The predicted octanol–water partition coefficient (Wildman–Crippen LogP) is 5.08. The lowest BCUT2D eigenvalue weighted by atomic mass is 9.80. The van der Waals surface area contributed by atoms with Crippen LogP contribution in [0.5, 0.6) is 0 Å². The molecule has 0 saturated heterocycles. The van der Waals surface area contributed by atoms with Crippen LogP contribution < -0.4 is 0 Å². The molecule has 0 aromatic rings. The summed E-state index contributed by atoms with van der Waals surface area (Å²) in [5, 5.41) is 0. The molecule has 1 aliphatic carbocycles. The Morgan fingerprint density at radius 2 is 1.75 bits per heavy atom. The molecule has 5 unspecified atom stereocenters. The van der Waals surface area contributed by atoms with Crippen LogP contribution in [0.15, 0.2) is 12.2 Å². The van der Waals surface area contributed by atoms with Crippen molar-refractivity contribution >= 4 is 0 Å². The minimum Gasteiger partial charge on any atom is -0.303 e. The van der Waals surface area contributed by atoms with Gasteiger partial charge in [0, 0.05) is 13.1 Å². The molecule has 0 aromatic heterocycles.